The van der Waals surface area contributed by atoms with Gasteiger partial charge in [0.15, 0.2) is 0 Å². The van der Waals surface area contributed by atoms with E-state index in [2.05, 4.69) is 25.2 Å². The number of hydrogen-bond donors (Lipinski definition) is 2. The second-order valence-corrected chi connectivity index (χ2v) is 5.22. The number of aliphatic hydroxyl groups is 1. The van der Waals surface area contributed by atoms with E-state index in [4.69, 9.17) is 9.47 Å². The van der Waals surface area contributed by atoms with Crippen molar-refractivity contribution >= 4 is 0 Å². The number of ether oxygens (including phenoxy) is 2. The van der Waals surface area contributed by atoms with Crippen molar-refractivity contribution in [3.05, 3.63) is 29.8 Å². The molecule has 0 aliphatic carbocycles. The third-order valence-electron chi connectivity index (χ3n) is 3.05. The Balaban J connectivity index is 2.25. The molecule has 0 heterocycles. The average Bonchev–Trinajstić information content (AvgIpc) is 2.50. The summed E-state index contributed by atoms with van der Waals surface area (Å²) in [5.41, 5.74) is 1.19. The van der Waals surface area contributed by atoms with Gasteiger partial charge in [0, 0.05) is 13.2 Å². The van der Waals surface area contributed by atoms with Crippen LogP contribution in [0.15, 0.2) is 24.3 Å². The summed E-state index contributed by atoms with van der Waals surface area (Å²) in [5.74, 6) is 0.790. The zero-order valence-corrected chi connectivity index (χ0v) is 13.3. The van der Waals surface area contributed by atoms with Crippen LogP contribution < -0.4 is 10.1 Å². The second kappa shape index (κ2) is 11.5. The molecular weight excluding hydrogens is 266 g/mol. The van der Waals surface area contributed by atoms with Crippen LogP contribution in [0.5, 0.6) is 5.75 Å². The number of benzene rings is 1. The van der Waals surface area contributed by atoms with Gasteiger partial charge in [-0.1, -0.05) is 32.4 Å². The first-order valence-corrected chi connectivity index (χ1v) is 7.94. The molecule has 0 bridgehead atoms. The topological polar surface area (TPSA) is 50.7 Å². The third kappa shape index (κ3) is 8.71. The molecular formula is C17H29NO3. The van der Waals surface area contributed by atoms with Crippen LogP contribution in [0.3, 0.4) is 0 Å². The number of nitrogens with one attached hydrogen (secondary N) is 1. The lowest BCUT2D eigenvalue weighted by atomic mass is 10.2. The fraction of sp³-hybridized carbons (Fsp3) is 0.647. The number of rotatable bonds is 12. The van der Waals surface area contributed by atoms with Gasteiger partial charge in [0.25, 0.3) is 0 Å². The summed E-state index contributed by atoms with van der Waals surface area (Å²) in [5, 5.41) is 13.1. The molecule has 1 unspecified atom stereocenters. The Hall–Kier alpha value is -1.10. The third-order valence-corrected chi connectivity index (χ3v) is 3.05. The van der Waals surface area contributed by atoms with E-state index in [0.29, 0.717) is 13.2 Å². The predicted octanol–water partition coefficient (Wildman–Crippen LogP) is 2.74. The molecule has 0 aliphatic heterocycles. The largest absolute Gasteiger partial charge is 0.491 e. The molecule has 0 aliphatic rings. The lowest BCUT2D eigenvalue weighted by molar-refractivity contribution is 0.0113. The summed E-state index contributed by atoms with van der Waals surface area (Å²) in [6.45, 7) is 7.41. The van der Waals surface area contributed by atoms with Gasteiger partial charge in [-0.25, -0.2) is 0 Å². The zero-order chi connectivity index (χ0) is 15.3. The molecule has 0 amide bonds. The first-order chi connectivity index (χ1) is 10.3. The van der Waals surface area contributed by atoms with Gasteiger partial charge in [0.2, 0.25) is 0 Å². The van der Waals surface area contributed by atoms with E-state index in [1.54, 1.807) is 0 Å². The molecule has 0 aromatic heterocycles. The Bertz CT molecular complexity index is 371. The first kappa shape index (κ1) is 18.0. The van der Waals surface area contributed by atoms with Crippen LogP contribution >= 0.6 is 0 Å². The molecule has 4 heteroatoms. The quantitative estimate of drug-likeness (QED) is 0.582. The van der Waals surface area contributed by atoms with Crippen molar-refractivity contribution in [3.63, 3.8) is 0 Å². The minimum Gasteiger partial charge on any atom is -0.491 e. The minimum absolute atomic E-state index is 0.262. The van der Waals surface area contributed by atoms with E-state index in [9.17, 15) is 5.11 Å². The summed E-state index contributed by atoms with van der Waals surface area (Å²) in [4.78, 5) is 0. The normalized spacial score (nSPS) is 12.3. The van der Waals surface area contributed by atoms with Crippen molar-refractivity contribution in [1.82, 2.24) is 5.32 Å². The van der Waals surface area contributed by atoms with Crippen molar-refractivity contribution in [2.75, 3.05) is 26.4 Å². The Morgan fingerprint density at radius 2 is 2.05 bits per heavy atom. The van der Waals surface area contributed by atoms with Crippen molar-refractivity contribution in [2.24, 2.45) is 0 Å². The number of unbranched alkanes of at least 4 members (excludes halogenated alkanes) is 1. The molecule has 1 aromatic carbocycles. The van der Waals surface area contributed by atoms with Crippen molar-refractivity contribution in [2.45, 2.75) is 45.8 Å². The summed E-state index contributed by atoms with van der Waals surface area (Å²) in [7, 11) is 0. The van der Waals surface area contributed by atoms with Crippen LogP contribution in [0.2, 0.25) is 0 Å². The summed E-state index contributed by atoms with van der Waals surface area (Å²) in [6, 6.07) is 7.96. The summed E-state index contributed by atoms with van der Waals surface area (Å²) < 4.78 is 11.0. The monoisotopic (exact) mass is 295 g/mol. The van der Waals surface area contributed by atoms with E-state index in [1.165, 1.54) is 5.56 Å². The van der Waals surface area contributed by atoms with Gasteiger partial charge in [-0.15, -0.1) is 0 Å². The second-order valence-electron chi connectivity index (χ2n) is 5.22. The van der Waals surface area contributed by atoms with Gasteiger partial charge in [-0.2, -0.15) is 0 Å². The van der Waals surface area contributed by atoms with Crippen molar-refractivity contribution in [1.29, 1.82) is 0 Å². The summed E-state index contributed by atoms with van der Waals surface area (Å²) in [6.07, 6.45) is 2.68. The van der Waals surface area contributed by atoms with E-state index >= 15 is 0 Å². The molecule has 0 saturated carbocycles. The van der Waals surface area contributed by atoms with Gasteiger partial charge in [-0.05, 0) is 37.1 Å². The maximum atomic E-state index is 9.79. The molecule has 120 valence electrons. The van der Waals surface area contributed by atoms with Gasteiger partial charge < -0.3 is 19.9 Å². The van der Waals surface area contributed by atoms with Gasteiger partial charge >= 0.3 is 0 Å². The molecule has 0 fully saturated rings. The zero-order valence-electron chi connectivity index (χ0n) is 13.3. The van der Waals surface area contributed by atoms with Crippen LogP contribution in [-0.4, -0.2) is 37.6 Å². The van der Waals surface area contributed by atoms with Crippen LogP contribution in [0.1, 0.15) is 38.7 Å². The minimum atomic E-state index is -0.580. The highest BCUT2D eigenvalue weighted by Gasteiger charge is 2.06. The van der Waals surface area contributed by atoms with Gasteiger partial charge in [0.05, 0.1) is 6.61 Å². The predicted molar refractivity (Wildman–Crippen MR) is 85.7 cm³/mol. The van der Waals surface area contributed by atoms with E-state index in [-0.39, 0.29) is 6.61 Å². The Morgan fingerprint density at radius 3 is 2.81 bits per heavy atom. The van der Waals surface area contributed by atoms with E-state index in [1.807, 2.05) is 18.2 Å². The Labute approximate surface area is 128 Å². The molecule has 2 N–H and O–H groups in total. The fourth-order valence-corrected chi connectivity index (χ4v) is 1.86. The van der Waals surface area contributed by atoms with E-state index in [0.717, 1.165) is 38.1 Å². The number of hydrogen-bond acceptors (Lipinski definition) is 4. The van der Waals surface area contributed by atoms with Gasteiger partial charge in [-0.3, -0.25) is 0 Å². The van der Waals surface area contributed by atoms with Crippen LogP contribution in [0, 0.1) is 0 Å². The van der Waals surface area contributed by atoms with Crippen LogP contribution in [0.25, 0.3) is 0 Å². The highest BCUT2D eigenvalue weighted by atomic mass is 16.5. The molecule has 0 spiro atoms. The molecule has 1 rings (SSSR count). The highest BCUT2D eigenvalue weighted by molar-refractivity contribution is 5.28. The standard InChI is InChI=1S/C17H29NO3/c1-3-5-10-20-13-16(19)14-21-17-8-6-7-15(11-17)12-18-9-4-2/h6-8,11,16,18-19H,3-5,9-10,12-14H2,1-2H3. The SMILES string of the molecule is CCCCOCC(O)COc1cccc(CNCCC)c1. The molecule has 4 nitrogen and oxygen atoms in total. The smallest absolute Gasteiger partial charge is 0.119 e. The molecule has 0 radical (unpaired) electrons. The van der Waals surface area contributed by atoms with E-state index < -0.39 is 6.10 Å². The maximum absolute atomic E-state index is 9.79. The van der Waals surface area contributed by atoms with Crippen molar-refractivity contribution in [3.8, 4) is 5.75 Å². The lowest BCUT2D eigenvalue weighted by Gasteiger charge is -2.13. The molecule has 0 saturated heterocycles. The maximum Gasteiger partial charge on any atom is 0.119 e. The number of aliphatic hydroxyl groups excluding tert-OH is 1. The molecule has 1 atom stereocenters. The highest BCUT2D eigenvalue weighted by Crippen LogP contribution is 2.13. The molecule has 1 aromatic rings. The first-order valence-electron chi connectivity index (χ1n) is 7.94. The average molecular weight is 295 g/mol. The van der Waals surface area contributed by atoms with Crippen LogP contribution in [0.4, 0.5) is 0 Å². The van der Waals surface area contributed by atoms with Gasteiger partial charge in [0.1, 0.15) is 18.5 Å². The molecule has 21 heavy (non-hydrogen) atoms. The van der Waals surface area contributed by atoms with Crippen LogP contribution in [-0.2, 0) is 11.3 Å². The Kier molecular flexibility index (Phi) is 9.87. The summed E-state index contributed by atoms with van der Waals surface area (Å²) >= 11 is 0. The van der Waals surface area contributed by atoms with Crippen molar-refractivity contribution < 1.29 is 14.6 Å². The Morgan fingerprint density at radius 1 is 1.19 bits per heavy atom. The fourth-order valence-electron chi connectivity index (χ4n) is 1.86. The lowest BCUT2D eigenvalue weighted by Crippen LogP contribution is -2.23.